The van der Waals surface area contributed by atoms with Crippen LogP contribution in [-0.2, 0) is 6.54 Å². The topological polar surface area (TPSA) is 54.9 Å². The fourth-order valence-corrected chi connectivity index (χ4v) is 2.20. The summed E-state index contributed by atoms with van der Waals surface area (Å²) in [6.07, 6.45) is 0. The number of ether oxygens (including phenoxy) is 2. The normalized spacial score (nSPS) is 10.6. The molecule has 136 valence electrons. The zero-order valence-electron chi connectivity index (χ0n) is 14.9. The molecule has 0 atom stereocenters. The lowest BCUT2D eigenvalue weighted by Gasteiger charge is -2.13. The van der Waals surface area contributed by atoms with Gasteiger partial charge in [0.2, 0.25) is 0 Å². The first-order chi connectivity index (χ1) is 11.7. The van der Waals surface area contributed by atoms with Crippen molar-refractivity contribution >= 4 is 29.9 Å². The predicted molar refractivity (Wildman–Crippen MR) is 113 cm³/mol. The first kappa shape index (κ1) is 21.1. The molecule has 2 rings (SSSR count). The van der Waals surface area contributed by atoms with E-state index in [1.165, 1.54) is 0 Å². The van der Waals surface area contributed by atoms with Gasteiger partial charge >= 0.3 is 0 Å². The lowest BCUT2D eigenvalue weighted by Crippen LogP contribution is -2.38. The number of benzene rings is 2. The molecule has 6 heteroatoms. The number of hydrogen-bond acceptors (Lipinski definition) is 3. The molecule has 0 radical (unpaired) electrons. The molecular formula is C19H26IN3O2. The van der Waals surface area contributed by atoms with Crippen LogP contribution in [0.5, 0.6) is 11.5 Å². The SMILES string of the molecule is CN=C(NCCOc1ccccc1C)NCc1ccc(OC)cc1.I. The molecule has 0 saturated carbocycles. The Labute approximate surface area is 166 Å². The highest BCUT2D eigenvalue weighted by atomic mass is 127. The number of aryl methyl sites for hydroxylation is 1. The average molecular weight is 455 g/mol. The number of halogens is 1. The van der Waals surface area contributed by atoms with E-state index < -0.39 is 0 Å². The number of nitrogens with zero attached hydrogens (tertiary/aromatic N) is 1. The monoisotopic (exact) mass is 455 g/mol. The molecule has 2 N–H and O–H groups in total. The van der Waals surface area contributed by atoms with Gasteiger partial charge in [-0.15, -0.1) is 24.0 Å². The Morgan fingerprint density at radius 1 is 1.04 bits per heavy atom. The Kier molecular flexibility index (Phi) is 9.76. The molecule has 0 amide bonds. The van der Waals surface area contributed by atoms with E-state index in [1.807, 2.05) is 55.5 Å². The van der Waals surface area contributed by atoms with E-state index in [0.29, 0.717) is 19.7 Å². The van der Waals surface area contributed by atoms with Gasteiger partial charge in [0.15, 0.2) is 5.96 Å². The lowest BCUT2D eigenvalue weighted by molar-refractivity contribution is 0.320. The van der Waals surface area contributed by atoms with Crippen molar-refractivity contribution in [2.45, 2.75) is 13.5 Å². The van der Waals surface area contributed by atoms with Crippen molar-refractivity contribution in [3.05, 3.63) is 59.7 Å². The van der Waals surface area contributed by atoms with E-state index in [2.05, 4.69) is 15.6 Å². The summed E-state index contributed by atoms with van der Waals surface area (Å²) in [5, 5.41) is 6.52. The van der Waals surface area contributed by atoms with Gasteiger partial charge in [-0.1, -0.05) is 30.3 Å². The third kappa shape index (κ3) is 7.21. The maximum atomic E-state index is 5.76. The molecule has 0 spiro atoms. The second kappa shape index (κ2) is 11.6. The van der Waals surface area contributed by atoms with E-state index in [4.69, 9.17) is 9.47 Å². The van der Waals surface area contributed by atoms with Crippen molar-refractivity contribution in [2.75, 3.05) is 27.3 Å². The number of para-hydroxylation sites is 1. The number of hydrogen-bond donors (Lipinski definition) is 2. The second-order valence-electron chi connectivity index (χ2n) is 5.31. The third-order valence-electron chi connectivity index (χ3n) is 3.59. The zero-order chi connectivity index (χ0) is 17.2. The van der Waals surface area contributed by atoms with Crippen molar-refractivity contribution in [1.82, 2.24) is 10.6 Å². The molecule has 2 aromatic carbocycles. The van der Waals surface area contributed by atoms with Crippen molar-refractivity contribution in [2.24, 2.45) is 4.99 Å². The summed E-state index contributed by atoms with van der Waals surface area (Å²) in [6.45, 7) is 3.99. The van der Waals surface area contributed by atoms with E-state index in [1.54, 1.807) is 14.2 Å². The molecule has 0 unspecified atom stereocenters. The maximum Gasteiger partial charge on any atom is 0.191 e. The standard InChI is InChI=1S/C19H25N3O2.HI/c1-15-6-4-5-7-18(15)24-13-12-21-19(20-2)22-14-16-8-10-17(23-3)11-9-16;/h4-11H,12-14H2,1-3H3,(H2,20,21,22);1H. The molecular weight excluding hydrogens is 429 g/mol. The minimum Gasteiger partial charge on any atom is -0.497 e. The minimum atomic E-state index is 0. The highest BCUT2D eigenvalue weighted by Crippen LogP contribution is 2.15. The van der Waals surface area contributed by atoms with E-state index in [0.717, 1.165) is 28.6 Å². The van der Waals surface area contributed by atoms with Crippen LogP contribution in [0.4, 0.5) is 0 Å². The summed E-state index contributed by atoms with van der Waals surface area (Å²) in [4.78, 5) is 4.21. The molecule has 0 saturated heterocycles. The van der Waals surface area contributed by atoms with Crippen LogP contribution < -0.4 is 20.1 Å². The van der Waals surface area contributed by atoms with Gasteiger partial charge in [-0.25, -0.2) is 0 Å². The highest BCUT2D eigenvalue weighted by Gasteiger charge is 2.00. The average Bonchev–Trinajstić information content (AvgIpc) is 2.63. The third-order valence-corrected chi connectivity index (χ3v) is 3.59. The van der Waals surface area contributed by atoms with Crippen LogP contribution in [0, 0.1) is 6.92 Å². The first-order valence-corrected chi connectivity index (χ1v) is 7.99. The second-order valence-corrected chi connectivity index (χ2v) is 5.31. The summed E-state index contributed by atoms with van der Waals surface area (Å²) < 4.78 is 10.9. The quantitative estimate of drug-likeness (QED) is 0.291. The van der Waals surface area contributed by atoms with Crippen LogP contribution in [0.2, 0.25) is 0 Å². The summed E-state index contributed by atoms with van der Waals surface area (Å²) in [5.74, 6) is 2.52. The summed E-state index contributed by atoms with van der Waals surface area (Å²) in [7, 11) is 3.42. The van der Waals surface area contributed by atoms with Crippen LogP contribution >= 0.6 is 24.0 Å². The van der Waals surface area contributed by atoms with Gasteiger partial charge in [0.25, 0.3) is 0 Å². The number of methoxy groups -OCH3 is 1. The first-order valence-electron chi connectivity index (χ1n) is 7.99. The summed E-state index contributed by atoms with van der Waals surface area (Å²) in [5.41, 5.74) is 2.30. The molecule has 0 aromatic heterocycles. The van der Waals surface area contributed by atoms with Crippen molar-refractivity contribution < 1.29 is 9.47 Å². The van der Waals surface area contributed by atoms with E-state index >= 15 is 0 Å². The van der Waals surface area contributed by atoms with Crippen LogP contribution in [0.3, 0.4) is 0 Å². The summed E-state index contributed by atoms with van der Waals surface area (Å²) in [6, 6.07) is 16.0. The van der Waals surface area contributed by atoms with Crippen LogP contribution in [-0.4, -0.2) is 33.3 Å². The van der Waals surface area contributed by atoms with Crippen molar-refractivity contribution in [3.8, 4) is 11.5 Å². The molecule has 5 nitrogen and oxygen atoms in total. The Balaban J connectivity index is 0.00000312. The Morgan fingerprint density at radius 3 is 2.40 bits per heavy atom. The van der Waals surface area contributed by atoms with Crippen molar-refractivity contribution in [1.29, 1.82) is 0 Å². The van der Waals surface area contributed by atoms with E-state index in [-0.39, 0.29) is 24.0 Å². The van der Waals surface area contributed by atoms with Gasteiger partial charge in [0.1, 0.15) is 18.1 Å². The Morgan fingerprint density at radius 2 is 1.76 bits per heavy atom. The van der Waals surface area contributed by atoms with Gasteiger partial charge in [-0.2, -0.15) is 0 Å². The number of aliphatic imine (C=N–C) groups is 1. The number of guanidine groups is 1. The van der Waals surface area contributed by atoms with Crippen molar-refractivity contribution in [3.63, 3.8) is 0 Å². The fraction of sp³-hybridized carbons (Fsp3) is 0.316. The molecule has 0 fully saturated rings. The van der Waals surface area contributed by atoms with Crippen LogP contribution in [0.1, 0.15) is 11.1 Å². The fourth-order valence-electron chi connectivity index (χ4n) is 2.20. The molecule has 0 aliphatic heterocycles. The van der Waals surface area contributed by atoms with Gasteiger partial charge in [-0.05, 0) is 36.2 Å². The Hall–Kier alpha value is -1.96. The minimum absolute atomic E-state index is 0. The molecule has 25 heavy (non-hydrogen) atoms. The molecule has 0 aliphatic rings. The lowest BCUT2D eigenvalue weighted by atomic mass is 10.2. The van der Waals surface area contributed by atoms with Gasteiger partial charge in [0, 0.05) is 13.6 Å². The molecule has 0 aliphatic carbocycles. The van der Waals surface area contributed by atoms with E-state index in [9.17, 15) is 0 Å². The molecule has 0 bridgehead atoms. The Bertz CT molecular complexity index is 660. The largest absolute Gasteiger partial charge is 0.497 e. The van der Waals surface area contributed by atoms with Crippen LogP contribution in [0.15, 0.2) is 53.5 Å². The maximum absolute atomic E-state index is 5.76. The van der Waals surface area contributed by atoms with Crippen LogP contribution in [0.25, 0.3) is 0 Å². The predicted octanol–water partition coefficient (Wildman–Crippen LogP) is 3.37. The van der Waals surface area contributed by atoms with Gasteiger partial charge < -0.3 is 20.1 Å². The number of nitrogens with one attached hydrogen (secondary N) is 2. The summed E-state index contributed by atoms with van der Waals surface area (Å²) >= 11 is 0. The highest BCUT2D eigenvalue weighted by molar-refractivity contribution is 14.0. The van der Waals surface area contributed by atoms with Gasteiger partial charge in [0.05, 0.1) is 13.7 Å². The smallest absolute Gasteiger partial charge is 0.191 e. The zero-order valence-corrected chi connectivity index (χ0v) is 17.2. The number of rotatable bonds is 7. The molecule has 0 heterocycles. The van der Waals surface area contributed by atoms with Gasteiger partial charge in [-0.3, -0.25) is 4.99 Å². The molecule has 2 aromatic rings.